The number of amides is 1. The Morgan fingerprint density at radius 2 is 2.11 bits per heavy atom. The molecule has 2 bridgehead atoms. The molecule has 0 saturated carbocycles. The molecule has 8 heteroatoms. The lowest BCUT2D eigenvalue weighted by Crippen LogP contribution is -2.59. The number of morpholine rings is 1. The van der Waals surface area contributed by atoms with Crippen molar-refractivity contribution in [3.05, 3.63) is 41.0 Å². The Hall–Kier alpha value is -2.29. The van der Waals surface area contributed by atoms with Crippen molar-refractivity contribution in [3.8, 4) is 5.82 Å². The van der Waals surface area contributed by atoms with Crippen LogP contribution in [0.5, 0.6) is 0 Å². The van der Waals surface area contributed by atoms with E-state index in [9.17, 15) is 4.79 Å². The summed E-state index contributed by atoms with van der Waals surface area (Å²) in [5.74, 6) is 0.740. The minimum absolute atomic E-state index is 0.0458. The van der Waals surface area contributed by atoms with Crippen molar-refractivity contribution in [3.63, 3.8) is 0 Å². The van der Waals surface area contributed by atoms with Crippen molar-refractivity contribution in [2.24, 2.45) is 0 Å². The van der Waals surface area contributed by atoms with E-state index in [1.165, 1.54) is 11.3 Å². The van der Waals surface area contributed by atoms with E-state index < -0.39 is 0 Å². The number of fused-ring (bicyclic) bond motifs is 3. The van der Waals surface area contributed by atoms with Crippen LogP contribution in [0.2, 0.25) is 0 Å². The molecule has 3 atom stereocenters. The maximum Gasteiger partial charge on any atom is 0.253 e. The Bertz CT molecular complexity index is 956. The number of pyridine rings is 1. The molecule has 3 aromatic heterocycles. The second-order valence-corrected chi connectivity index (χ2v) is 8.01. The van der Waals surface area contributed by atoms with Gasteiger partial charge in [-0.15, -0.1) is 11.3 Å². The van der Waals surface area contributed by atoms with E-state index in [-0.39, 0.29) is 11.9 Å². The van der Waals surface area contributed by atoms with E-state index in [1.54, 1.807) is 11.7 Å². The molecule has 0 aliphatic carbocycles. The molecule has 2 saturated heterocycles. The maximum absolute atomic E-state index is 13.1. The van der Waals surface area contributed by atoms with Gasteiger partial charge >= 0.3 is 0 Å². The van der Waals surface area contributed by atoms with E-state index in [0.29, 0.717) is 17.6 Å². The largest absolute Gasteiger partial charge is 0.378 e. The number of hydrogen-bond acceptors (Lipinski definition) is 6. The second kappa shape index (κ2) is 6.70. The highest BCUT2D eigenvalue weighted by molar-refractivity contribution is 7.07. The van der Waals surface area contributed by atoms with Crippen molar-refractivity contribution in [2.45, 2.75) is 31.0 Å². The molecule has 2 aliphatic heterocycles. The number of hydrogen-bond donors (Lipinski definition) is 1. The molecule has 2 fully saturated rings. The summed E-state index contributed by atoms with van der Waals surface area (Å²) >= 11 is 1.52. The van der Waals surface area contributed by atoms with E-state index in [2.05, 4.69) is 27.2 Å². The highest BCUT2D eigenvalue weighted by Gasteiger charge is 2.37. The Balaban J connectivity index is 1.43. The summed E-state index contributed by atoms with van der Waals surface area (Å²) in [4.78, 5) is 24.3. The van der Waals surface area contributed by atoms with E-state index >= 15 is 0 Å². The quantitative estimate of drug-likeness (QED) is 0.750. The van der Waals surface area contributed by atoms with Gasteiger partial charge in [-0.05, 0) is 32.0 Å². The summed E-state index contributed by atoms with van der Waals surface area (Å²) in [7, 11) is 2.16. The number of nitrogens with zero attached hydrogens (tertiary/aromatic N) is 4. The highest BCUT2D eigenvalue weighted by Crippen LogP contribution is 2.27. The Kier molecular flexibility index (Phi) is 4.18. The molecular weight excluding hydrogens is 362 g/mol. The van der Waals surface area contributed by atoms with Gasteiger partial charge in [0.1, 0.15) is 11.5 Å². The average Bonchev–Trinajstić information content (AvgIpc) is 3.30. The van der Waals surface area contributed by atoms with Crippen molar-refractivity contribution in [2.75, 3.05) is 20.3 Å². The van der Waals surface area contributed by atoms with Crippen LogP contribution >= 0.6 is 11.3 Å². The van der Waals surface area contributed by atoms with Gasteiger partial charge in [0.05, 0.1) is 24.3 Å². The fourth-order valence-electron chi connectivity index (χ4n) is 4.22. The molecule has 3 aromatic rings. The van der Waals surface area contributed by atoms with Crippen molar-refractivity contribution in [1.29, 1.82) is 0 Å². The van der Waals surface area contributed by atoms with Crippen LogP contribution < -0.4 is 5.32 Å². The van der Waals surface area contributed by atoms with Crippen LogP contribution in [0.25, 0.3) is 16.9 Å². The number of piperidine rings is 1. The van der Waals surface area contributed by atoms with Crippen LogP contribution in [0.3, 0.4) is 0 Å². The zero-order chi connectivity index (χ0) is 18.4. The summed E-state index contributed by atoms with van der Waals surface area (Å²) < 4.78 is 7.56. The Morgan fingerprint density at radius 3 is 2.85 bits per heavy atom. The van der Waals surface area contributed by atoms with E-state index in [0.717, 1.165) is 42.9 Å². The van der Waals surface area contributed by atoms with Gasteiger partial charge in [-0.1, -0.05) is 0 Å². The first-order chi connectivity index (χ1) is 13.2. The smallest absolute Gasteiger partial charge is 0.253 e. The summed E-state index contributed by atoms with van der Waals surface area (Å²) in [6, 6.07) is 4.72. The zero-order valence-corrected chi connectivity index (χ0v) is 15.9. The zero-order valence-electron chi connectivity index (χ0n) is 15.0. The first-order valence-electron chi connectivity index (χ1n) is 9.16. The molecular formula is C19H21N5O2S. The van der Waals surface area contributed by atoms with Gasteiger partial charge in [0, 0.05) is 41.3 Å². The molecule has 5 heterocycles. The molecule has 27 heavy (non-hydrogen) atoms. The average molecular weight is 383 g/mol. The van der Waals surface area contributed by atoms with Crippen LogP contribution in [0.4, 0.5) is 0 Å². The van der Waals surface area contributed by atoms with Gasteiger partial charge in [-0.3, -0.25) is 14.3 Å². The van der Waals surface area contributed by atoms with Gasteiger partial charge in [0.15, 0.2) is 0 Å². The number of ether oxygens (including phenoxy) is 1. The molecule has 1 unspecified atom stereocenters. The molecule has 7 nitrogen and oxygen atoms in total. The lowest BCUT2D eigenvalue weighted by Gasteiger charge is -2.46. The van der Waals surface area contributed by atoms with E-state index in [1.807, 2.05) is 28.3 Å². The number of thiazole rings is 1. The van der Waals surface area contributed by atoms with Gasteiger partial charge in [-0.2, -0.15) is 0 Å². The van der Waals surface area contributed by atoms with Crippen molar-refractivity contribution in [1.82, 2.24) is 24.8 Å². The first kappa shape index (κ1) is 16.9. The third kappa shape index (κ3) is 2.93. The van der Waals surface area contributed by atoms with Crippen LogP contribution in [0, 0.1) is 0 Å². The van der Waals surface area contributed by atoms with Gasteiger partial charge < -0.3 is 10.1 Å². The predicted molar refractivity (Wildman–Crippen MR) is 103 cm³/mol. The lowest BCUT2D eigenvalue weighted by atomic mass is 9.90. The van der Waals surface area contributed by atoms with Gasteiger partial charge in [0.25, 0.3) is 5.91 Å². The molecule has 5 rings (SSSR count). The number of carbonyl (C=O) groups is 1. The summed E-state index contributed by atoms with van der Waals surface area (Å²) in [6.45, 7) is 1.48. The monoisotopic (exact) mass is 383 g/mol. The van der Waals surface area contributed by atoms with Crippen LogP contribution in [-0.4, -0.2) is 63.7 Å². The minimum Gasteiger partial charge on any atom is -0.378 e. The fraction of sp³-hybridized carbons (Fsp3) is 0.421. The number of carbonyl (C=O) groups excluding carboxylic acids is 1. The van der Waals surface area contributed by atoms with Gasteiger partial charge in [0.2, 0.25) is 0 Å². The number of rotatable bonds is 3. The van der Waals surface area contributed by atoms with Crippen LogP contribution in [-0.2, 0) is 4.74 Å². The fourth-order valence-corrected chi connectivity index (χ4v) is 4.74. The van der Waals surface area contributed by atoms with Gasteiger partial charge in [-0.25, -0.2) is 9.97 Å². The molecule has 140 valence electrons. The topological polar surface area (TPSA) is 72.3 Å². The predicted octanol–water partition coefficient (Wildman–Crippen LogP) is 2.07. The van der Waals surface area contributed by atoms with E-state index in [4.69, 9.17) is 4.74 Å². The van der Waals surface area contributed by atoms with Crippen LogP contribution in [0.1, 0.15) is 23.2 Å². The minimum atomic E-state index is -0.0458. The van der Waals surface area contributed by atoms with Crippen molar-refractivity contribution < 1.29 is 9.53 Å². The number of aromatic nitrogens is 3. The summed E-state index contributed by atoms with van der Waals surface area (Å²) in [5.41, 5.74) is 3.18. The lowest BCUT2D eigenvalue weighted by molar-refractivity contribution is -0.0670. The molecule has 2 aliphatic rings. The number of nitrogens with one attached hydrogen (secondary N) is 1. The molecule has 1 amide bonds. The maximum atomic E-state index is 13.1. The number of likely N-dealkylation sites (N-methyl/N-ethyl adjacent to an activating group) is 1. The second-order valence-electron chi connectivity index (χ2n) is 7.29. The molecule has 0 aromatic carbocycles. The van der Waals surface area contributed by atoms with Crippen molar-refractivity contribution >= 4 is 28.3 Å². The molecule has 0 radical (unpaired) electrons. The SMILES string of the molecule is CN1[C@@H]2COC[C@H]1CC(NC(=O)c1cn(-c3cscn3)c3ncccc13)C2. The standard InChI is InChI=1S/C19H21N5O2S/c1-23-13-5-12(6-14(23)9-26-8-13)22-19(25)16-7-24(17-10-27-11-21-17)18-15(16)3-2-4-20-18/h2-4,7,10-14H,5-6,8-9H2,1H3,(H,22,25)/t12?,13-,14+. The summed E-state index contributed by atoms with van der Waals surface area (Å²) in [5, 5.41) is 6.05. The third-order valence-electron chi connectivity index (χ3n) is 5.69. The molecule has 1 N–H and O–H groups in total. The normalized spacial score (nSPS) is 25.6. The highest BCUT2D eigenvalue weighted by atomic mass is 32.1. The Morgan fingerprint density at radius 1 is 1.30 bits per heavy atom. The molecule has 0 spiro atoms. The third-order valence-corrected chi connectivity index (χ3v) is 6.27. The Labute approximate surface area is 161 Å². The van der Waals surface area contributed by atoms with Crippen LogP contribution in [0.15, 0.2) is 35.4 Å². The summed E-state index contributed by atoms with van der Waals surface area (Å²) in [6.07, 6.45) is 5.43. The first-order valence-corrected chi connectivity index (χ1v) is 10.1.